The van der Waals surface area contributed by atoms with Gasteiger partial charge < -0.3 is 9.53 Å². The number of halogens is 4. The average Bonchev–Trinajstić information content (AvgIpc) is 2.64. The summed E-state index contributed by atoms with van der Waals surface area (Å²) in [5, 5.41) is -0.130. The zero-order chi connectivity index (χ0) is 21.1. The molecule has 0 aliphatic heterocycles. The van der Waals surface area contributed by atoms with Gasteiger partial charge in [0.25, 0.3) is 0 Å². The van der Waals surface area contributed by atoms with Crippen LogP contribution in [0.2, 0.25) is 0 Å². The summed E-state index contributed by atoms with van der Waals surface area (Å²) in [5.74, 6) is 0.178. The molecule has 1 atom stereocenters. The molecule has 0 aromatic rings. The Morgan fingerprint density at radius 2 is 1.30 bits per heavy atom. The Kier molecular flexibility index (Phi) is 23.5. The first-order valence-corrected chi connectivity index (χ1v) is 18.0. The molecule has 0 bridgehead atoms. The van der Waals surface area contributed by atoms with Gasteiger partial charge >= 0.3 is 40.5 Å². The van der Waals surface area contributed by atoms with Crippen molar-refractivity contribution in [1.29, 1.82) is 0 Å². The van der Waals surface area contributed by atoms with Gasteiger partial charge in [-0.25, -0.2) is 0 Å². The first-order valence-electron chi connectivity index (χ1n) is 9.39. The van der Waals surface area contributed by atoms with Crippen molar-refractivity contribution in [2.24, 2.45) is 11.8 Å². The van der Waals surface area contributed by atoms with E-state index in [2.05, 4.69) is 0 Å². The maximum atomic E-state index is 11.3. The van der Waals surface area contributed by atoms with Crippen LogP contribution >= 0.6 is 42.6 Å². The van der Waals surface area contributed by atoms with Gasteiger partial charge in [-0.3, -0.25) is 9.59 Å². The van der Waals surface area contributed by atoms with Crippen molar-refractivity contribution in [3.8, 4) is 0 Å². The molecule has 2 aliphatic carbocycles. The molecular weight excluding hydrogens is 487 g/mol. The molecule has 2 saturated carbocycles. The SMILES string of the molecule is CC(Cl)OC(=O)C1CCCCC1.CC=O.O=C(Cl)C1CCCCC1.[Cl][Zn][Cl]. The second-order valence-electron chi connectivity index (χ2n) is 6.29. The molecule has 0 saturated heterocycles. The van der Waals surface area contributed by atoms with Crippen LogP contribution in [0.5, 0.6) is 0 Å². The molecule has 2 rings (SSSR count). The molecule has 2 aliphatic rings. The fraction of sp³-hybridized carbons (Fsp3) is 0.833. The molecule has 0 radical (unpaired) electrons. The monoisotopic (exact) mass is 514 g/mol. The summed E-state index contributed by atoms with van der Waals surface area (Å²) in [6.07, 6.45) is 11.9. The zero-order valence-corrected chi connectivity index (χ0v) is 22.2. The van der Waals surface area contributed by atoms with Crippen LogP contribution in [-0.2, 0) is 34.3 Å². The molecule has 0 aromatic carbocycles. The number of hydrogen-bond acceptors (Lipinski definition) is 4. The molecule has 4 nitrogen and oxygen atoms in total. The molecule has 0 heterocycles. The number of alkyl halides is 1. The third-order valence-electron chi connectivity index (χ3n) is 4.14. The minimum absolute atomic E-state index is 0.111. The van der Waals surface area contributed by atoms with Gasteiger partial charge in [0.15, 0.2) is 5.56 Å². The third-order valence-corrected chi connectivity index (χ3v) is 4.54. The molecular formula is C18H30Cl4O4Zn. The number of rotatable bonds is 3. The van der Waals surface area contributed by atoms with Crippen molar-refractivity contribution in [2.45, 2.75) is 83.6 Å². The molecule has 0 aromatic heterocycles. The molecule has 0 N–H and O–H groups in total. The van der Waals surface area contributed by atoms with E-state index < -0.39 is 20.7 Å². The van der Waals surface area contributed by atoms with Crippen molar-refractivity contribution < 1.29 is 34.3 Å². The molecule has 1 unspecified atom stereocenters. The first-order chi connectivity index (χ1) is 12.8. The van der Waals surface area contributed by atoms with Crippen LogP contribution in [0, 0.1) is 11.8 Å². The van der Waals surface area contributed by atoms with Gasteiger partial charge in [-0.2, -0.15) is 0 Å². The Balaban J connectivity index is 0. The number of aldehydes is 1. The van der Waals surface area contributed by atoms with E-state index in [4.69, 9.17) is 52.1 Å². The quantitative estimate of drug-likeness (QED) is 0.139. The van der Waals surface area contributed by atoms with Crippen LogP contribution in [0.25, 0.3) is 0 Å². The predicted molar refractivity (Wildman–Crippen MR) is 109 cm³/mol. The van der Waals surface area contributed by atoms with Crippen LogP contribution in [0.1, 0.15) is 78.1 Å². The van der Waals surface area contributed by atoms with E-state index in [-0.39, 0.29) is 23.0 Å². The van der Waals surface area contributed by atoms with Crippen molar-refractivity contribution in [1.82, 2.24) is 0 Å². The number of hydrogen-bond donors (Lipinski definition) is 0. The van der Waals surface area contributed by atoms with E-state index in [0.717, 1.165) is 44.8 Å². The summed E-state index contributed by atoms with van der Waals surface area (Å²) in [5.41, 5.74) is -0.487. The average molecular weight is 518 g/mol. The molecule has 9 heteroatoms. The fourth-order valence-corrected chi connectivity index (χ4v) is 3.23. The number of ether oxygens (including phenoxy) is 1. The predicted octanol–water partition coefficient (Wildman–Crippen LogP) is 6.61. The zero-order valence-electron chi connectivity index (χ0n) is 16.2. The number of carbonyl (C=O) groups excluding carboxylic acids is 3. The van der Waals surface area contributed by atoms with E-state index in [9.17, 15) is 9.59 Å². The number of esters is 1. The Morgan fingerprint density at radius 1 is 0.963 bits per heavy atom. The van der Waals surface area contributed by atoms with Gasteiger partial charge in [-0.1, -0.05) is 50.1 Å². The Labute approximate surface area is 189 Å². The molecule has 2 fully saturated rings. The van der Waals surface area contributed by atoms with Gasteiger partial charge in [0, 0.05) is 5.92 Å². The summed E-state index contributed by atoms with van der Waals surface area (Å²) in [7, 11) is 9.90. The summed E-state index contributed by atoms with van der Waals surface area (Å²) < 4.78 is 4.92. The summed E-state index contributed by atoms with van der Waals surface area (Å²) in [6.45, 7) is 3.11. The second-order valence-corrected chi connectivity index (χ2v) is 11.9. The van der Waals surface area contributed by atoms with Gasteiger partial charge in [-0.05, 0) is 51.1 Å². The molecule has 0 amide bonds. The Hall–Kier alpha value is 0.593. The van der Waals surface area contributed by atoms with Crippen molar-refractivity contribution in [3.05, 3.63) is 0 Å². The topological polar surface area (TPSA) is 60.4 Å². The Morgan fingerprint density at radius 3 is 1.56 bits per heavy atom. The minimum atomic E-state index is -0.931. The second kappa shape index (κ2) is 21.3. The molecule has 0 spiro atoms. The van der Waals surface area contributed by atoms with Crippen molar-refractivity contribution in [2.75, 3.05) is 0 Å². The van der Waals surface area contributed by atoms with Gasteiger partial charge in [-0.15, -0.1) is 0 Å². The van der Waals surface area contributed by atoms with Crippen LogP contribution in [-0.4, -0.2) is 23.1 Å². The summed E-state index contributed by atoms with van der Waals surface area (Å²) in [4.78, 5) is 30.7. The molecule has 27 heavy (non-hydrogen) atoms. The third kappa shape index (κ3) is 19.7. The van der Waals surface area contributed by atoms with E-state index in [1.54, 1.807) is 6.92 Å². The van der Waals surface area contributed by atoms with Crippen molar-refractivity contribution in [3.63, 3.8) is 0 Å². The van der Waals surface area contributed by atoms with Crippen LogP contribution in [0.15, 0.2) is 0 Å². The first kappa shape index (κ1) is 29.8. The maximum absolute atomic E-state index is 11.3. The number of carbonyl (C=O) groups is 3. The van der Waals surface area contributed by atoms with Gasteiger partial charge in [0.05, 0.1) is 5.92 Å². The summed E-state index contributed by atoms with van der Waals surface area (Å²) in [6, 6.07) is 0. The van der Waals surface area contributed by atoms with Gasteiger partial charge in [0.2, 0.25) is 5.24 Å². The van der Waals surface area contributed by atoms with E-state index in [1.807, 2.05) is 0 Å². The standard InChI is InChI=1S/C9H15ClO2.C7H11ClO.C2H4O.2ClH.Zn/c1-7(10)12-9(11)8-5-3-2-4-6-8;8-7(9)6-4-2-1-3-5-6;1-2-3;;;/h7-8H,2-6H2,1H3;6H,1-5H2;2H,1H3;2*1H;/q;;;;;+2/p-2. The van der Waals surface area contributed by atoms with E-state index >= 15 is 0 Å². The summed E-state index contributed by atoms with van der Waals surface area (Å²) >= 11 is 9.94. The normalized spacial score (nSPS) is 17.9. The molecule has 156 valence electrons. The fourth-order valence-electron chi connectivity index (χ4n) is 2.92. The van der Waals surface area contributed by atoms with Crippen LogP contribution < -0.4 is 0 Å². The Bertz CT molecular complexity index is 386. The van der Waals surface area contributed by atoms with Crippen LogP contribution in [0.4, 0.5) is 0 Å². The van der Waals surface area contributed by atoms with Gasteiger partial charge in [0.1, 0.15) is 6.29 Å². The van der Waals surface area contributed by atoms with E-state index in [1.165, 1.54) is 32.6 Å². The van der Waals surface area contributed by atoms with E-state index in [0.29, 0.717) is 0 Å². The van der Waals surface area contributed by atoms with Crippen molar-refractivity contribution >= 4 is 60.1 Å². The van der Waals surface area contributed by atoms with Crippen LogP contribution in [0.3, 0.4) is 0 Å².